The van der Waals surface area contributed by atoms with E-state index in [1.54, 1.807) is 0 Å². The number of ether oxygens (including phenoxy) is 1. The molecule has 1 N–H and O–H groups in total. The molecule has 0 aliphatic carbocycles. The van der Waals surface area contributed by atoms with Crippen molar-refractivity contribution in [3.05, 3.63) is 95.8 Å². The van der Waals surface area contributed by atoms with Gasteiger partial charge < -0.3 is 14.3 Å². The molecule has 0 fully saturated rings. The summed E-state index contributed by atoms with van der Waals surface area (Å²) in [5.74, 6) is -0.305. The van der Waals surface area contributed by atoms with Crippen molar-refractivity contribution >= 4 is 19.1 Å². The molecule has 32 heavy (non-hydrogen) atoms. The van der Waals surface area contributed by atoms with Crippen LogP contribution in [0.5, 0.6) is 0 Å². The van der Waals surface area contributed by atoms with Gasteiger partial charge in [0.25, 0.3) is 0 Å². The largest absolute Gasteiger partial charge is 0.461 e. The van der Waals surface area contributed by atoms with Crippen molar-refractivity contribution in [3.63, 3.8) is 0 Å². The standard InChI is InChI=1S/C28H34O3Si/c1-27(2,3)32(4,5)31-28(25-16-15-22-13-9-10-14-23(22)17-25)19-24(18-26(20-29)30-28)21-11-7-6-8-12-21/h6-18,24,29H,19-20H2,1-5H3/t24-,28+/m1/s1. The number of rotatable bonds is 5. The van der Waals surface area contributed by atoms with Crippen molar-refractivity contribution in [2.24, 2.45) is 0 Å². The topological polar surface area (TPSA) is 38.7 Å². The molecule has 3 aromatic rings. The van der Waals surface area contributed by atoms with E-state index in [9.17, 15) is 5.11 Å². The summed E-state index contributed by atoms with van der Waals surface area (Å²) in [4.78, 5) is 0. The van der Waals surface area contributed by atoms with Gasteiger partial charge in [-0.15, -0.1) is 0 Å². The highest BCUT2D eigenvalue weighted by Crippen LogP contribution is 2.49. The van der Waals surface area contributed by atoms with Gasteiger partial charge in [0, 0.05) is 17.9 Å². The summed E-state index contributed by atoms with van der Waals surface area (Å²) in [7, 11) is -2.22. The Labute approximate surface area is 192 Å². The molecule has 3 aromatic carbocycles. The van der Waals surface area contributed by atoms with Gasteiger partial charge in [0.15, 0.2) is 8.32 Å². The van der Waals surface area contributed by atoms with E-state index in [2.05, 4.69) is 101 Å². The Morgan fingerprint density at radius 3 is 2.28 bits per heavy atom. The van der Waals surface area contributed by atoms with Crippen LogP contribution >= 0.6 is 0 Å². The number of hydrogen-bond donors (Lipinski definition) is 1. The number of benzene rings is 3. The molecule has 0 spiro atoms. The fourth-order valence-electron chi connectivity index (χ4n) is 4.15. The van der Waals surface area contributed by atoms with Gasteiger partial charge in [-0.25, -0.2) is 0 Å². The van der Waals surface area contributed by atoms with Crippen LogP contribution in [0.4, 0.5) is 0 Å². The van der Waals surface area contributed by atoms with Crippen molar-refractivity contribution < 1.29 is 14.3 Å². The van der Waals surface area contributed by atoms with Gasteiger partial charge in [0.2, 0.25) is 5.79 Å². The molecule has 1 heterocycles. The first-order valence-electron chi connectivity index (χ1n) is 11.4. The molecule has 2 atom stereocenters. The summed E-state index contributed by atoms with van der Waals surface area (Å²) in [6.07, 6.45) is 2.70. The van der Waals surface area contributed by atoms with Crippen LogP contribution in [0.1, 0.15) is 44.2 Å². The Bertz CT molecular complexity index is 1110. The highest BCUT2D eigenvalue weighted by Gasteiger charge is 2.50. The minimum Gasteiger partial charge on any atom is -0.461 e. The minimum atomic E-state index is -2.22. The minimum absolute atomic E-state index is 0.0169. The van der Waals surface area contributed by atoms with Gasteiger partial charge in [-0.1, -0.05) is 87.5 Å². The average molecular weight is 447 g/mol. The van der Waals surface area contributed by atoms with E-state index >= 15 is 0 Å². The molecule has 0 saturated heterocycles. The molecule has 0 bridgehead atoms. The molecule has 4 rings (SSSR count). The van der Waals surface area contributed by atoms with E-state index < -0.39 is 14.1 Å². The van der Waals surface area contributed by atoms with E-state index in [-0.39, 0.29) is 17.6 Å². The second-order valence-electron chi connectivity index (χ2n) is 10.3. The molecular weight excluding hydrogens is 412 g/mol. The molecule has 168 valence electrons. The molecule has 1 aliphatic rings. The lowest BCUT2D eigenvalue weighted by molar-refractivity contribution is -0.192. The maximum atomic E-state index is 10.1. The molecule has 4 heteroatoms. The molecule has 1 aliphatic heterocycles. The SMILES string of the molecule is CC(C)(C)[Si](C)(C)O[C@]1(c2ccc3ccccc3c2)C[C@H](c2ccccc2)C=C(CO)O1. The predicted octanol–water partition coefficient (Wildman–Crippen LogP) is 7.09. The molecule has 0 aromatic heterocycles. The maximum absolute atomic E-state index is 10.1. The molecule has 0 radical (unpaired) electrons. The monoisotopic (exact) mass is 446 g/mol. The lowest BCUT2D eigenvalue weighted by Crippen LogP contribution is -2.51. The summed E-state index contributed by atoms with van der Waals surface area (Å²) in [5, 5.41) is 12.5. The summed E-state index contributed by atoms with van der Waals surface area (Å²) < 4.78 is 13.7. The quantitative estimate of drug-likeness (QED) is 0.425. The zero-order chi connectivity index (χ0) is 23.0. The third kappa shape index (κ3) is 4.40. The van der Waals surface area contributed by atoms with Gasteiger partial charge in [-0.3, -0.25) is 0 Å². The van der Waals surface area contributed by atoms with Gasteiger partial charge in [-0.05, 0) is 46.6 Å². The number of aliphatic hydroxyl groups is 1. The number of hydrogen-bond acceptors (Lipinski definition) is 3. The van der Waals surface area contributed by atoms with Crippen molar-refractivity contribution in [1.82, 2.24) is 0 Å². The first-order valence-corrected chi connectivity index (χ1v) is 14.3. The van der Waals surface area contributed by atoms with Crippen LogP contribution in [0.2, 0.25) is 18.1 Å². The Morgan fingerprint density at radius 2 is 1.62 bits per heavy atom. The third-order valence-electron chi connectivity index (χ3n) is 6.97. The second kappa shape index (κ2) is 8.51. The van der Waals surface area contributed by atoms with Crippen LogP contribution < -0.4 is 0 Å². The number of fused-ring (bicyclic) bond motifs is 1. The molecular formula is C28H34O3Si. The molecule has 0 unspecified atom stereocenters. The fourth-order valence-corrected chi connectivity index (χ4v) is 5.52. The van der Waals surface area contributed by atoms with Crippen LogP contribution in [0, 0.1) is 0 Å². The van der Waals surface area contributed by atoms with Crippen molar-refractivity contribution in [2.75, 3.05) is 6.61 Å². The summed E-state index contributed by atoms with van der Waals surface area (Å²) in [5.41, 5.74) is 2.20. The average Bonchev–Trinajstić information content (AvgIpc) is 2.78. The van der Waals surface area contributed by atoms with Gasteiger partial charge in [0.1, 0.15) is 12.4 Å². The Kier molecular flexibility index (Phi) is 6.06. The Morgan fingerprint density at radius 1 is 0.969 bits per heavy atom. The smallest absolute Gasteiger partial charge is 0.228 e. The fraction of sp³-hybridized carbons (Fsp3) is 0.357. The molecule has 0 amide bonds. The summed E-state index contributed by atoms with van der Waals surface area (Å²) >= 11 is 0. The third-order valence-corrected chi connectivity index (χ3v) is 11.4. The normalized spacial score (nSPS) is 21.8. The van der Waals surface area contributed by atoms with Crippen LogP contribution in [0.3, 0.4) is 0 Å². The lowest BCUT2D eigenvalue weighted by atomic mass is 9.85. The van der Waals surface area contributed by atoms with E-state index in [0.29, 0.717) is 12.2 Å². The number of aliphatic hydroxyl groups excluding tert-OH is 1. The first kappa shape index (κ1) is 22.8. The molecule has 3 nitrogen and oxygen atoms in total. The van der Waals surface area contributed by atoms with Crippen LogP contribution in [0.15, 0.2) is 84.6 Å². The summed E-state index contributed by atoms with van der Waals surface area (Å²) in [6.45, 7) is 11.1. The Balaban J connectivity index is 1.87. The van der Waals surface area contributed by atoms with Crippen LogP contribution in [0.25, 0.3) is 10.8 Å². The number of allylic oxidation sites excluding steroid dienone is 1. The highest BCUT2D eigenvalue weighted by atomic mass is 28.4. The van der Waals surface area contributed by atoms with Crippen molar-refractivity contribution in [1.29, 1.82) is 0 Å². The van der Waals surface area contributed by atoms with E-state index in [1.165, 1.54) is 10.9 Å². The van der Waals surface area contributed by atoms with Crippen molar-refractivity contribution in [2.45, 2.75) is 57.0 Å². The van der Waals surface area contributed by atoms with E-state index in [1.807, 2.05) is 12.1 Å². The maximum Gasteiger partial charge on any atom is 0.228 e. The Hall–Kier alpha value is -2.40. The molecule has 0 saturated carbocycles. The predicted molar refractivity (Wildman–Crippen MR) is 134 cm³/mol. The zero-order valence-corrected chi connectivity index (χ0v) is 20.8. The van der Waals surface area contributed by atoms with E-state index in [0.717, 1.165) is 10.9 Å². The van der Waals surface area contributed by atoms with Gasteiger partial charge in [-0.2, -0.15) is 0 Å². The lowest BCUT2D eigenvalue weighted by Gasteiger charge is -2.48. The first-order chi connectivity index (χ1) is 15.1. The second-order valence-corrected chi connectivity index (χ2v) is 15.0. The van der Waals surface area contributed by atoms with Gasteiger partial charge in [0.05, 0.1) is 0 Å². The zero-order valence-electron chi connectivity index (χ0n) is 19.8. The van der Waals surface area contributed by atoms with Crippen LogP contribution in [-0.4, -0.2) is 20.0 Å². The van der Waals surface area contributed by atoms with Crippen molar-refractivity contribution in [3.8, 4) is 0 Å². The highest BCUT2D eigenvalue weighted by molar-refractivity contribution is 6.74. The van der Waals surface area contributed by atoms with Crippen LogP contribution in [-0.2, 0) is 14.9 Å². The van der Waals surface area contributed by atoms with E-state index in [4.69, 9.17) is 9.16 Å². The summed E-state index contributed by atoms with van der Waals surface area (Å²) in [6, 6.07) is 25.2. The van der Waals surface area contributed by atoms with Gasteiger partial charge >= 0.3 is 0 Å².